The highest BCUT2D eigenvalue weighted by molar-refractivity contribution is 5.49. The maximum Gasteiger partial charge on any atom is 0.121 e. The molecule has 0 radical (unpaired) electrons. The number of benzene rings is 1. The van der Waals surface area contributed by atoms with Crippen molar-refractivity contribution in [3.63, 3.8) is 0 Å². The molecule has 0 bridgehead atoms. The standard InChI is InChI=1S/C15H25NO2/c1-6-10-18-14-9-7-8-13(11-14)16-12(2)15(3,4)17-5/h7-9,11-12,16H,6,10H2,1-5H3. The average Bonchev–Trinajstić information content (AvgIpc) is 2.36. The summed E-state index contributed by atoms with van der Waals surface area (Å²) in [6.45, 7) is 9.11. The Kier molecular flexibility index (Phi) is 5.48. The first kappa shape index (κ1) is 14.8. The number of rotatable bonds is 7. The summed E-state index contributed by atoms with van der Waals surface area (Å²) in [6, 6.07) is 8.26. The molecule has 0 aromatic heterocycles. The highest BCUT2D eigenvalue weighted by Crippen LogP contribution is 2.22. The van der Waals surface area contributed by atoms with E-state index in [4.69, 9.17) is 9.47 Å². The molecule has 1 aromatic carbocycles. The molecule has 3 heteroatoms. The summed E-state index contributed by atoms with van der Waals surface area (Å²) in [5, 5.41) is 3.44. The predicted molar refractivity (Wildman–Crippen MR) is 76.4 cm³/mol. The summed E-state index contributed by atoms with van der Waals surface area (Å²) in [6.07, 6.45) is 1.02. The van der Waals surface area contributed by atoms with Crippen molar-refractivity contribution < 1.29 is 9.47 Å². The molecule has 0 aliphatic rings. The number of hydrogen-bond acceptors (Lipinski definition) is 3. The molecule has 0 spiro atoms. The van der Waals surface area contributed by atoms with E-state index in [2.05, 4.69) is 33.0 Å². The Balaban J connectivity index is 2.67. The first-order chi connectivity index (χ1) is 8.49. The van der Waals surface area contributed by atoms with Crippen molar-refractivity contribution in [1.82, 2.24) is 0 Å². The second kappa shape index (κ2) is 6.64. The van der Waals surface area contributed by atoms with Gasteiger partial charge in [0.15, 0.2) is 0 Å². The molecular weight excluding hydrogens is 226 g/mol. The molecule has 0 aliphatic heterocycles. The van der Waals surface area contributed by atoms with Crippen LogP contribution in [-0.4, -0.2) is 25.4 Å². The Hall–Kier alpha value is -1.22. The smallest absolute Gasteiger partial charge is 0.121 e. The van der Waals surface area contributed by atoms with Gasteiger partial charge in [0, 0.05) is 18.9 Å². The van der Waals surface area contributed by atoms with E-state index in [0.717, 1.165) is 24.5 Å². The lowest BCUT2D eigenvalue weighted by Crippen LogP contribution is -2.41. The van der Waals surface area contributed by atoms with Crippen LogP contribution in [0.1, 0.15) is 34.1 Å². The molecule has 0 saturated heterocycles. The zero-order valence-corrected chi connectivity index (χ0v) is 12.1. The van der Waals surface area contributed by atoms with Gasteiger partial charge in [0.05, 0.1) is 18.2 Å². The maximum atomic E-state index is 5.62. The van der Waals surface area contributed by atoms with E-state index in [1.54, 1.807) is 7.11 Å². The van der Waals surface area contributed by atoms with Gasteiger partial charge < -0.3 is 14.8 Å². The lowest BCUT2D eigenvalue weighted by Gasteiger charge is -2.31. The molecule has 1 N–H and O–H groups in total. The van der Waals surface area contributed by atoms with E-state index in [1.165, 1.54) is 0 Å². The van der Waals surface area contributed by atoms with Crippen molar-refractivity contribution in [3.05, 3.63) is 24.3 Å². The van der Waals surface area contributed by atoms with Crippen LogP contribution in [0.25, 0.3) is 0 Å². The van der Waals surface area contributed by atoms with Gasteiger partial charge in [0.2, 0.25) is 0 Å². The third-order valence-corrected chi connectivity index (χ3v) is 3.26. The Morgan fingerprint density at radius 1 is 1.33 bits per heavy atom. The minimum absolute atomic E-state index is 0.208. The van der Waals surface area contributed by atoms with Crippen LogP contribution in [0.5, 0.6) is 5.75 Å². The molecule has 1 rings (SSSR count). The minimum Gasteiger partial charge on any atom is -0.494 e. The van der Waals surface area contributed by atoms with Crippen molar-refractivity contribution in [2.24, 2.45) is 0 Å². The second-order valence-electron chi connectivity index (χ2n) is 5.05. The van der Waals surface area contributed by atoms with Crippen LogP contribution in [0.2, 0.25) is 0 Å². The highest BCUT2D eigenvalue weighted by Gasteiger charge is 2.24. The first-order valence-corrected chi connectivity index (χ1v) is 6.54. The summed E-state index contributed by atoms with van der Waals surface area (Å²) in [5.41, 5.74) is 0.849. The molecule has 0 amide bonds. The Morgan fingerprint density at radius 3 is 2.67 bits per heavy atom. The van der Waals surface area contributed by atoms with Crippen molar-refractivity contribution in [1.29, 1.82) is 0 Å². The quantitative estimate of drug-likeness (QED) is 0.801. The highest BCUT2D eigenvalue weighted by atomic mass is 16.5. The predicted octanol–water partition coefficient (Wildman–Crippen LogP) is 3.70. The Labute approximate surface area is 110 Å². The Morgan fingerprint density at radius 2 is 2.06 bits per heavy atom. The summed E-state index contributed by atoms with van der Waals surface area (Å²) in [4.78, 5) is 0. The third kappa shape index (κ3) is 4.22. The van der Waals surface area contributed by atoms with Gasteiger partial charge in [-0.1, -0.05) is 13.0 Å². The van der Waals surface area contributed by atoms with Crippen molar-refractivity contribution >= 4 is 5.69 Å². The van der Waals surface area contributed by atoms with E-state index in [1.807, 2.05) is 24.3 Å². The number of methoxy groups -OCH3 is 1. The van der Waals surface area contributed by atoms with Gasteiger partial charge in [0.1, 0.15) is 5.75 Å². The SMILES string of the molecule is CCCOc1cccc(NC(C)C(C)(C)OC)c1. The number of hydrogen-bond donors (Lipinski definition) is 1. The molecule has 3 nitrogen and oxygen atoms in total. The van der Waals surface area contributed by atoms with Gasteiger partial charge in [-0.3, -0.25) is 0 Å². The van der Waals surface area contributed by atoms with Gasteiger partial charge in [-0.05, 0) is 39.3 Å². The van der Waals surface area contributed by atoms with Gasteiger partial charge in [0.25, 0.3) is 0 Å². The molecule has 1 atom stereocenters. The monoisotopic (exact) mass is 251 g/mol. The summed E-state index contributed by atoms with van der Waals surface area (Å²) in [7, 11) is 1.74. The van der Waals surface area contributed by atoms with Crippen LogP contribution >= 0.6 is 0 Å². The van der Waals surface area contributed by atoms with Gasteiger partial charge >= 0.3 is 0 Å². The molecule has 18 heavy (non-hydrogen) atoms. The van der Waals surface area contributed by atoms with E-state index in [-0.39, 0.29) is 11.6 Å². The van der Waals surface area contributed by atoms with Crippen LogP contribution in [0.4, 0.5) is 5.69 Å². The maximum absolute atomic E-state index is 5.62. The molecule has 0 saturated carbocycles. The fourth-order valence-electron chi connectivity index (χ4n) is 1.50. The van der Waals surface area contributed by atoms with Crippen LogP contribution in [-0.2, 0) is 4.74 Å². The number of ether oxygens (including phenoxy) is 2. The Bertz CT molecular complexity index is 363. The molecule has 1 aromatic rings. The molecule has 0 heterocycles. The summed E-state index contributed by atoms with van der Waals surface area (Å²) in [5.74, 6) is 0.907. The lowest BCUT2D eigenvalue weighted by atomic mass is 10.00. The van der Waals surface area contributed by atoms with E-state index < -0.39 is 0 Å². The summed E-state index contributed by atoms with van der Waals surface area (Å²) >= 11 is 0. The molecule has 1 unspecified atom stereocenters. The fraction of sp³-hybridized carbons (Fsp3) is 0.600. The zero-order valence-electron chi connectivity index (χ0n) is 12.1. The third-order valence-electron chi connectivity index (χ3n) is 3.26. The molecular formula is C15H25NO2. The van der Waals surface area contributed by atoms with Crippen molar-refractivity contribution in [2.75, 3.05) is 19.0 Å². The van der Waals surface area contributed by atoms with Gasteiger partial charge in [-0.15, -0.1) is 0 Å². The number of nitrogens with one attached hydrogen (secondary N) is 1. The minimum atomic E-state index is -0.208. The average molecular weight is 251 g/mol. The fourth-order valence-corrected chi connectivity index (χ4v) is 1.50. The molecule has 0 aliphatic carbocycles. The normalized spacial score (nSPS) is 13.2. The van der Waals surface area contributed by atoms with Gasteiger partial charge in [-0.25, -0.2) is 0 Å². The van der Waals surface area contributed by atoms with Crippen LogP contribution in [0, 0.1) is 0 Å². The van der Waals surface area contributed by atoms with Gasteiger partial charge in [-0.2, -0.15) is 0 Å². The topological polar surface area (TPSA) is 30.5 Å². The lowest BCUT2D eigenvalue weighted by molar-refractivity contribution is 0.0107. The van der Waals surface area contributed by atoms with Crippen LogP contribution < -0.4 is 10.1 Å². The van der Waals surface area contributed by atoms with Crippen molar-refractivity contribution in [2.45, 2.75) is 45.8 Å². The second-order valence-corrected chi connectivity index (χ2v) is 5.05. The van der Waals surface area contributed by atoms with Crippen LogP contribution in [0.15, 0.2) is 24.3 Å². The molecule has 0 fully saturated rings. The summed E-state index contributed by atoms with van der Waals surface area (Å²) < 4.78 is 11.1. The largest absolute Gasteiger partial charge is 0.494 e. The number of anilines is 1. The first-order valence-electron chi connectivity index (χ1n) is 6.54. The van der Waals surface area contributed by atoms with E-state index in [0.29, 0.717) is 0 Å². The van der Waals surface area contributed by atoms with E-state index >= 15 is 0 Å². The molecule has 102 valence electrons. The van der Waals surface area contributed by atoms with E-state index in [9.17, 15) is 0 Å². The van der Waals surface area contributed by atoms with Crippen molar-refractivity contribution in [3.8, 4) is 5.75 Å². The zero-order chi connectivity index (χ0) is 13.6. The van der Waals surface area contributed by atoms with Crippen LogP contribution in [0.3, 0.4) is 0 Å².